The molecule has 1 aliphatic rings. The molecule has 6 nitrogen and oxygen atoms in total. The van der Waals surface area contributed by atoms with Crippen LogP contribution in [-0.4, -0.2) is 63.3 Å². The minimum absolute atomic E-state index is 0.0398. The smallest absolute Gasteiger partial charge is 0.306 e. The van der Waals surface area contributed by atoms with Crippen LogP contribution in [0.5, 0.6) is 0 Å². The van der Waals surface area contributed by atoms with E-state index in [1.807, 2.05) is 0 Å². The average molecular weight is 233 g/mol. The lowest BCUT2D eigenvalue weighted by molar-refractivity contribution is -0.152. The molecule has 16 heavy (non-hydrogen) atoms. The van der Waals surface area contributed by atoms with Gasteiger partial charge in [-0.1, -0.05) is 0 Å². The number of ether oxygens (including phenoxy) is 3. The van der Waals surface area contributed by atoms with Crippen molar-refractivity contribution in [3.05, 3.63) is 0 Å². The first-order valence-corrected chi connectivity index (χ1v) is 5.32. The van der Waals surface area contributed by atoms with E-state index in [4.69, 9.17) is 19.3 Å². The Labute approximate surface area is 94.9 Å². The van der Waals surface area contributed by atoms with Crippen LogP contribution >= 0.6 is 0 Å². The highest BCUT2D eigenvalue weighted by molar-refractivity contribution is 5.68. The van der Waals surface area contributed by atoms with E-state index in [0.717, 1.165) is 0 Å². The van der Waals surface area contributed by atoms with Gasteiger partial charge >= 0.3 is 5.97 Å². The van der Waals surface area contributed by atoms with Gasteiger partial charge in [-0.05, 0) is 0 Å². The fourth-order valence-electron chi connectivity index (χ4n) is 1.52. The number of carboxylic acids is 1. The Morgan fingerprint density at radius 3 is 2.50 bits per heavy atom. The molecule has 0 aromatic rings. The van der Waals surface area contributed by atoms with Crippen LogP contribution in [0.15, 0.2) is 0 Å². The van der Waals surface area contributed by atoms with E-state index < -0.39 is 11.6 Å². The molecule has 1 aliphatic heterocycles. The molecule has 0 aromatic carbocycles. The Balaban J connectivity index is 2.07. The van der Waals surface area contributed by atoms with Crippen LogP contribution in [0.1, 0.15) is 6.42 Å². The SMILES string of the molecule is COCCOCCOC1(CC(=O)O)CNC1. The summed E-state index contributed by atoms with van der Waals surface area (Å²) in [5.74, 6) is -0.832. The van der Waals surface area contributed by atoms with Gasteiger partial charge in [0.15, 0.2) is 0 Å². The summed E-state index contributed by atoms with van der Waals surface area (Å²) in [7, 11) is 1.61. The highest BCUT2D eigenvalue weighted by Gasteiger charge is 2.40. The zero-order chi connectivity index (χ0) is 11.9. The van der Waals surface area contributed by atoms with Gasteiger partial charge in [-0.15, -0.1) is 0 Å². The molecule has 6 heteroatoms. The molecule has 0 aliphatic carbocycles. The third kappa shape index (κ3) is 4.44. The van der Waals surface area contributed by atoms with Crippen molar-refractivity contribution in [2.75, 3.05) is 46.6 Å². The summed E-state index contributed by atoms with van der Waals surface area (Å²) < 4.78 is 15.6. The van der Waals surface area contributed by atoms with Crippen molar-refractivity contribution in [1.82, 2.24) is 5.32 Å². The highest BCUT2D eigenvalue weighted by atomic mass is 16.6. The van der Waals surface area contributed by atoms with Gasteiger partial charge in [-0.25, -0.2) is 0 Å². The summed E-state index contributed by atoms with van der Waals surface area (Å²) in [6, 6.07) is 0. The predicted molar refractivity (Wildman–Crippen MR) is 56.5 cm³/mol. The Morgan fingerprint density at radius 2 is 2.00 bits per heavy atom. The number of rotatable bonds is 9. The van der Waals surface area contributed by atoms with Gasteiger partial charge < -0.3 is 24.6 Å². The van der Waals surface area contributed by atoms with Crippen LogP contribution in [0.4, 0.5) is 0 Å². The molecule has 0 amide bonds. The molecule has 1 heterocycles. The van der Waals surface area contributed by atoms with Crippen molar-refractivity contribution < 1.29 is 24.1 Å². The van der Waals surface area contributed by atoms with E-state index >= 15 is 0 Å². The first-order chi connectivity index (χ1) is 7.68. The van der Waals surface area contributed by atoms with Gasteiger partial charge in [0.05, 0.1) is 32.8 Å². The Morgan fingerprint density at radius 1 is 1.31 bits per heavy atom. The van der Waals surface area contributed by atoms with Crippen molar-refractivity contribution in [2.24, 2.45) is 0 Å². The van der Waals surface area contributed by atoms with E-state index in [0.29, 0.717) is 39.5 Å². The van der Waals surface area contributed by atoms with Gasteiger partial charge in [-0.2, -0.15) is 0 Å². The minimum atomic E-state index is -0.832. The maximum Gasteiger partial charge on any atom is 0.306 e. The topological polar surface area (TPSA) is 77.0 Å². The quantitative estimate of drug-likeness (QED) is 0.522. The third-order valence-corrected chi connectivity index (χ3v) is 2.44. The van der Waals surface area contributed by atoms with E-state index in [1.54, 1.807) is 7.11 Å². The lowest BCUT2D eigenvalue weighted by atomic mass is 9.93. The lowest BCUT2D eigenvalue weighted by Gasteiger charge is -2.41. The molecular formula is C10H19NO5. The van der Waals surface area contributed by atoms with Crippen LogP contribution in [-0.2, 0) is 19.0 Å². The van der Waals surface area contributed by atoms with Crippen LogP contribution in [0.2, 0.25) is 0 Å². The Hall–Kier alpha value is -0.690. The largest absolute Gasteiger partial charge is 0.481 e. The molecule has 0 saturated carbocycles. The fourth-order valence-corrected chi connectivity index (χ4v) is 1.52. The van der Waals surface area contributed by atoms with Crippen molar-refractivity contribution in [2.45, 2.75) is 12.0 Å². The van der Waals surface area contributed by atoms with Crippen molar-refractivity contribution >= 4 is 5.97 Å². The number of nitrogens with one attached hydrogen (secondary N) is 1. The van der Waals surface area contributed by atoms with Crippen LogP contribution in [0.3, 0.4) is 0 Å². The van der Waals surface area contributed by atoms with Crippen LogP contribution in [0, 0.1) is 0 Å². The van der Waals surface area contributed by atoms with Gasteiger partial charge in [0, 0.05) is 20.2 Å². The van der Waals surface area contributed by atoms with E-state index in [1.165, 1.54) is 0 Å². The molecule has 1 rings (SSSR count). The zero-order valence-electron chi connectivity index (χ0n) is 9.53. The summed E-state index contributed by atoms with van der Waals surface area (Å²) in [5.41, 5.74) is -0.531. The second kappa shape index (κ2) is 6.80. The van der Waals surface area contributed by atoms with Crippen LogP contribution < -0.4 is 5.32 Å². The fraction of sp³-hybridized carbons (Fsp3) is 0.900. The van der Waals surface area contributed by atoms with Crippen molar-refractivity contribution in [1.29, 1.82) is 0 Å². The van der Waals surface area contributed by atoms with E-state index in [9.17, 15) is 4.79 Å². The molecule has 0 bridgehead atoms. The normalized spacial score (nSPS) is 18.1. The van der Waals surface area contributed by atoms with E-state index in [2.05, 4.69) is 5.32 Å². The molecule has 0 unspecified atom stereocenters. The second-order valence-corrected chi connectivity index (χ2v) is 3.81. The third-order valence-electron chi connectivity index (χ3n) is 2.44. The zero-order valence-corrected chi connectivity index (χ0v) is 9.53. The number of carboxylic acid groups (broad SMARTS) is 1. The molecule has 1 fully saturated rings. The molecule has 1 saturated heterocycles. The first kappa shape index (κ1) is 13.4. The van der Waals surface area contributed by atoms with Gasteiger partial charge in [0.1, 0.15) is 5.60 Å². The van der Waals surface area contributed by atoms with Crippen molar-refractivity contribution in [3.63, 3.8) is 0 Å². The number of hydrogen-bond acceptors (Lipinski definition) is 5. The second-order valence-electron chi connectivity index (χ2n) is 3.81. The van der Waals surface area contributed by atoms with Gasteiger partial charge in [-0.3, -0.25) is 4.79 Å². The van der Waals surface area contributed by atoms with Gasteiger partial charge in [0.2, 0.25) is 0 Å². The highest BCUT2D eigenvalue weighted by Crippen LogP contribution is 2.20. The van der Waals surface area contributed by atoms with Crippen molar-refractivity contribution in [3.8, 4) is 0 Å². The molecule has 2 N–H and O–H groups in total. The number of methoxy groups -OCH3 is 1. The predicted octanol–water partition coefficient (Wildman–Crippen LogP) is -0.517. The van der Waals surface area contributed by atoms with Gasteiger partial charge in [0.25, 0.3) is 0 Å². The van der Waals surface area contributed by atoms with Crippen LogP contribution in [0.25, 0.3) is 0 Å². The van der Waals surface area contributed by atoms with E-state index in [-0.39, 0.29) is 6.42 Å². The molecule has 0 aromatic heterocycles. The molecule has 0 atom stereocenters. The number of hydrogen-bond donors (Lipinski definition) is 2. The maximum absolute atomic E-state index is 10.6. The molecule has 0 radical (unpaired) electrons. The summed E-state index contributed by atoms with van der Waals surface area (Å²) in [6.45, 7) is 3.16. The average Bonchev–Trinajstić information content (AvgIpc) is 2.18. The first-order valence-electron chi connectivity index (χ1n) is 5.32. The minimum Gasteiger partial charge on any atom is -0.481 e. The Bertz CT molecular complexity index is 217. The Kier molecular flexibility index (Phi) is 5.68. The number of aliphatic carboxylic acids is 1. The summed E-state index contributed by atoms with van der Waals surface area (Å²) in [5, 5.41) is 11.8. The molecular weight excluding hydrogens is 214 g/mol. The summed E-state index contributed by atoms with van der Waals surface area (Å²) in [4.78, 5) is 10.6. The summed E-state index contributed by atoms with van der Waals surface area (Å²) in [6.07, 6.45) is 0.0398. The number of carbonyl (C=O) groups is 1. The lowest BCUT2D eigenvalue weighted by Crippen LogP contribution is -2.62. The molecule has 0 spiro atoms. The maximum atomic E-state index is 10.6. The summed E-state index contributed by atoms with van der Waals surface area (Å²) >= 11 is 0. The molecule has 94 valence electrons. The standard InChI is InChI=1S/C10H19NO5/c1-14-2-3-15-4-5-16-10(6-9(12)13)7-11-8-10/h11H,2-8H2,1H3,(H,12,13). The monoisotopic (exact) mass is 233 g/mol.